The number of hydrogen-bond donors (Lipinski definition) is 1. The number of aliphatic hydroxyl groups is 1. The fourth-order valence-corrected chi connectivity index (χ4v) is 0.755. The molecule has 0 saturated heterocycles. The minimum absolute atomic E-state index is 0.276. The Balaban J connectivity index is 2.96. The van der Waals surface area contributed by atoms with Crippen molar-refractivity contribution in [3.05, 3.63) is 17.3 Å². The van der Waals surface area contributed by atoms with E-state index in [4.69, 9.17) is 5.11 Å². The molecule has 0 aliphatic heterocycles. The molecule has 3 nitrogen and oxygen atoms in total. The lowest BCUT2D eigenvalue weighted by Gasteiger charge is -2.09. The van der Waals surface area contributed by atoms with Gasteiger partial charge in [-0.05, 0) is 13.8 Å². The van der Waals surface area contributed by atoms with Crippen LogP contribution in [0.5, 0.6) is 0 Å². The molecular formula is C7H8F3NO2. The number of aryl methyl sites for hydroxylation is 2. The number of alkyl halides is 3. The fourth-order valence-electron chi connectivity index (χ4n) is 0.755. The first-order valence-corrected chi connectivity index (χ1v) is 3.51. The Morgan fingerprint density at radius 3 is 2.23 bits per heavy atom. The molecule has 0 aliphatic carbocycles. The maximum atomic E-state index is 11.9. The van der Waals surface area contributed by atoms with Gasteiger partial charge in [-0.1, -0.05) is 0 Å². The lowest BCUT2D eigenvalue weighted by atomic mass is 10.3. The molecule has 0 saturated carbocycles. The van der Waals surface area contributed by atoms with Gasteiger partial charge >= 0.3 is 6.18 Å². The summed E-state index contributed by atoms with van der Waals surface area (Å²) < 4.78 is 40.4. The molecule has 0 aromatic carbocycles. The highest BCUT2D eigenvalue weighted by Gasteiger charge is 2.42. The molecule has 1 N–H and O–H groups in total. The van der Waals surface area contributed by atoms with Gasteiger partial charge < -0.3 is 9.52 Å². The van der Waals surface area contributed by atoms with E-state index in [0.717, 1.165) is 0 Å². The smallest absolute Gasteiger partial charge is 0.423 e. The van der Waals surface area contributed by atoms with E-state index in [2.05, 4.69) is 9.40 Å². The Labute approximate surface area is 72.2 Å². The highest BCUT2D eigenvalue weighted by Crippen LogP contribution is 2.32. The van der Waals surface area contributed by atoms with E-state index in [-0.39, 0.29) is 5.76 Å². The molecule has 0 aliphatic rings. The van der Waals surface area contributed by atoms with Crippen LogP contribution in [0.3, 0.4) is 0 Å². The van der Waals surface area contributed by atoms with Crippen molar-refractivity contribution in [1.82, 2.24) is 4.98 Å². The van der Waals surface area contributed by atoms with E-state index in [1.165, 1.54) is 13.8 Å². The summed E-state index contributed by atoms with van der Waals surface area (Å²) in [7, 11) is 0. The second-order valence-corrected chi connectivity index (χ2v) is 2.64. The van der Waals surface area contributed by atoms with Crippen molar-refractivity contribution in [2.75, 3.05) is 0 Å². The van der Waals surface area contributed by atoms with Crippen LogP contribution in [-0.4, -0.2) is 16.3 Å². The lowest BCUT2D eigenvalue weighted by Crippen LogP contribution is -2.20. The molecule has 0 bridgehead atoms. The van der Waals surface area contributed by atoms with Gasteiger partial charge in [-0.3, -0.25) is 0 Å². The van der Waals surface area contributed by atoms with Gasteiger partial charge in [-0.2, -0.15) is 13.2 Å². The summed E-state index contributed by atoms with van der Waals surface area (Å²) in [6.45, 7) is 2.99. The summed E-state index contributed by atoms with van der Waals surface area (Å²) in [5, 5.41) is 8.71. The van der Waals surface area contributed by atoms with E-state index in [1.807, 2.05) is 0 Å². The summed E-state index contributed by atoms with van der Waals surface area (Å²) in [6, 6.07) is 0. The Kier molecular flexibility index (Phi) is 2.34. The molecule has 1 aromatic rings. The molecule has 0 spiro atoms. The van der Waals surface area contributed by atoms with Crippen LogP contribution in [0.15, 0.2) is 4.42 Å². The highest BCUT2D eigenvalue weighted by atomic mass is 19.4. The number of halogens is 3. The van der Waals surface area contributed by atoms with Crippen molar-refractivity contribution in [3.63, 3.8) is 0 Å². The molecule has 13 heavy (non-hydrogen) atoms. The Bertz CT molecular complexity index is 286. The first-order valence-electron chi connectivity index (χ1n) is 3.51. The van der Waals surface area contributed by atoms with Gasteiger partial charge in [0.25, 0.3) is 0 Å². The first-order chi connectivity index (χ1) is 5.82. The van der Waals surface area contributed by atoms with E-state index in [1.54, 1.807) is 0 Å². The van der Waals surface area contributed by atoms with Crippen molar-refractivity contribution in [3.8, 4) is 0 Å². The number of hydrogen-bond acceptors (Lipinski definition) is 3. The Morgan fingerprint density at radius 2 is 1.92 bits per heavy atom. The van der Waals surface area contributed by atoms with Gasteiger partial charge in [0.05, 0.1) is 5.69 Å². The van der Waals surface area contributed by atoms with Gasteiger partial charge in [0.2, 0.25) is 12.0 Å². The zero-order valence-electron chi connectivity index (χ0n) is 7.01. The summed E-state index contributed by atoms with van der Waals surface area (Å²) in [6.07, 6.45) is -7.37. The maximum absolute atomic E-state index is 11.9. The standard InChI is InChI=1S/C7H8F3NO2/c1-3-4(2)13-6(11-3)5(12)7(8,9)10/h5,12H,1-2H3/t5-/m0/s1. The summed E-state index contributed by atoms with van der Waals surface area (Å²) >= 11 is 0. The molecular weight excluding hydrogens is 187 g/mol. The summed E-state index contributed by atoms with van der Waals surface area (Å²) in [5.74, 6) is -0.430. The average molecular weight is 195 g/mol. The van der Waals surface area contributed by atoms with Crippen LogP contribution in [0.1, 0.15) is 23.4 Å². The van der Waals surface area contributed by atoms with Gasteiger partial charge in [0, 0.05) is 0 Å². The molecule has 1 heterocycles. The minimum atomic E-state index is -4.73. The predicted octanol–water partition coefficient (Wildman–Crippen LogP) is 1.89. The van der Waals surface area contributed by atoms with Gasteiger partial charge in [-0.25, -0.2) is 4.98 Å². The third kappa shape index (κ3) is 2.00. The fraction of sp³-hybridized carbons (Fsp3) is 0.571. The van der Waals surface area contributed by atoms with Crippen LogP contribution in [0.2, 0.25) is 0 Å². The number of aliphatic hydroxyl groups excluding tert-OH is 1. The van der Waals surface area contributed by atoms with Gasteiger partial charge in [0.1, 0.15) is 5.76 Å². The van der Waals surface area contributed by atoms with Crippen molar-refractivity contribution < 1.29 is 22.7 Å². The van der Waals surface area contributed by atoms with Crippen LogP contribution < -0.4 is 0 Å². The Morgan fingerprint density at radius 1 is 1.38 bits per heavy atom. The molecule has 6 heteroatoms. The summed E-state index contributed by atoms with van der Waals surface area (Å²) in [5.41, 5.74) is 0.346. The maximum Gasteiger partial charge on any atom is 0.423 e. The van der Waals surface area contributed by atoms with Crippen molar-refractivity contribution in [1.29, 1.82) is 0 Å². The van der Waals surface area contributed by atoms with Crippen molar-refractivity contribution >= 4 is 0 Å². The third-order valence-electron chi connectivity index (χ3n) is 1.59. The summed E-state index contributed by atoms with van der Waals surface area (Å²) in [4.78, 5) is 3.44. The Hall–Kier alpha value is -1.04. The monoisotopic (exact) mass is 195 g/mol. The second-order valence-electron chi connectivity index (χ2n) is 2.64. The van der Waals surface area contributed by atoms with E-state index in [0.29, 0.717) is 5.69 Å². The molecule has 1 aromatic heterocycles. The van der Waals surface area contributed by atoms with Gasteiger partial charge in [-0.15, -0.1) is 0 Å². The van der Waals surface area contributed by atoms with Crippen LogP contribution in [0, 0.1) is 13.8 Å². The largest absolute Gasteiger partial charge is 0.442 e. The molecule has 74 valence electrons. The zero-order valence-corrected chi connectivity index (χ0v) is 7.01. The van der Waals surface area contributed by atoms with Crippen molar-refractivity contribution in [2.45, 2.75) is 26.1 Å². The zero-order chi connectivity index (χ0) is 10.2. The number of oxazole rings is 1. The molecule has 1 atom stereocenters. The number of aromatic nitrogens is 1. The van der Waals surface area contributed by atoms with E-state index >= 15 is 0 Å². The highest BCUT2D eigenvalue weighted by molar-refractivity contribution is 5.07. The first kappa shape index (κ1) is 10.0. The van der Waals surface area contributed by atoms with Crippen LogP contribution in [-0.2, 0) is 0 Å². The van der Waals surface area contributed by atoms with Gasteiger partial charge in [0.15, 0.2) is 0 Å². The number of rotatable bonds is 1. The number of nitrogens with zero attached hydrogens (tertiary/aromatic N) is 1. The second kappa shape index (κ2) is 3.02. The van der Waals surface area contributed by atoms with Crippen LogP contribution in [0.4, 0.5) is 13.2 Å². The van der Waals surface area contributed by atoms with Crippen LogP contribution >= 0.6 is 0 Å². The topological polar surface area (TPSA) is 46.3 Å². The predicted molar refractivity (Wildman–Crippen MR) is 37.0 cm³/mol. The van der Waals surface area contributed by atoms with Crippen LogP contribution in [0.25, 0.3) is 0 Å². The third-order valence-corrected chi connectivity index (χ3v) is 1.59. The van der Waals surface area contributed by atoms with E-state index in [9.17, 15) is 13.2 Å². The quantitative estimate of drug-likeness (QED) is 0.744. The lowest BCUT2D eigenvalue weighted by molar-refractivity contribution is -0.213. The molecule has 0 fully saturated rings. The SMILES string of the molecule is Cc1nc([C@H](O)C(F)(F)F)oc1C. The van der Waals surface area contributed by atoms with E-state index < -0.39 is 18.2 Å². The average Bonchev–Trinajstić information content (AvgIpc) is 2.29. The normalized spacial score (nSPS) is 14.6. The van der Waals surface area contributed by atoms with Crippen molar-refractivity contribution in [2.24, 2.45) is 0 Å². The molecule has 0 radical (unpaired) electrons. The molecule has 1 rings (SSSR count). The molecule has 0 unspecified atom stereocenters. The minimum Gasteiger partial charge on any atom is -0.442 e. The molecule has 0 amide bonds.